The zero-order chi connectivity index (χ0) is 13.2. The van der Waals surface area contributed by atoms with E-state index in [0.29, 0.717) is 11.7 Å². The maximum atomic E-state index is 5.74. The third-order valence-electron chi connectivity index (χ3n) is 2.78. The van der Waals surface area contributed by atoms with Crippen molar-refractivity contribution in [3.8, 4) is 11.7 Å². The molecule has 0 saturated carbocycles. The molecule has 94 valence electrons. The van der Waals surface area contributed by atoms with Crippen LogP contribution < -0.4 is 10.5 Å². The van der Waals surface area contributed by atoms with Gasteiger partial charge in [-0.05, 0) is 17.5 Å². The van der Waals surface area contributed by atoms with Gasteiger partial charge in [-0.15, -0.1) is 0 Å². The van der Waals surface area contributed by atoms with Crippen LogP contribution in [0.4, 0.5) is 0 Å². The lowest BCUT2D eigenvalue weighted by molar-refractivity contribution is 0.347. The van der Waals surface area contributed by atoms with E-state index in [1.807, 2.05) is 42.5 Å². The van der Waals surface area contributed by atoms with Gasteiger partial charge in [-0.3, -0.25) is 0 Å². The van der Waals surface area contributed by atoms with E-state index in [0.717, 1.165) is 16.5 Å². The number of furan rings is 1. The SMILES string of the molecule is NC(=S)c1ccc(Oc2cccc3ccccc23)o1. The molecule has 0 unspecified atom stereocenters. The highest BCUT2D eigenvalue weighted by Crippen LogP contribution is 2.30. The first-order chi connectivity index (χ1) is 9.24. The van der Waals surface area contributed by atoms with E-state index in [2.05, 4.69) is 0 Å². The van der Waals surface area contributed by atoms with Crippen molar-refractivity contribution in [2.24, 2.45) is 5.73 Å². The maximum absolute atomic E-state index is 5.74. The summed E-state index contributed by atoms with van der Waals surface area (Å²) in [6, 6.07) is 17.3. The van der Waals surface area contributed by atoms with Crippen molar-refractivity contribution >= 4 is 28.0 Å². The van der Waals surface area contributed by atoms with Crippen LogP contribution in [0.2, 0.25) is 0 Å². The number of fused-ring (bicyclic) bond motifs is 1. The highest BCUT2D eigenvalue weighted by atomic mass is 32.1. The lowest BCUT2D eigenvalue weighted by Gasteiger charge is -2.06. The van der Waals surface area contributed by atoms with Crippen LogP contribution in [-0.4, -0.2) is 4.99 Å². The molecule has 3 rings (SSSR count). The topological polar surface area (TPSA) is 48.4 Å². The molecule has 2 aromatic carbocycles. The minimum atomic E-state index is 0.216. The Balaban J connectivity index is 1.98. The molecule has 1 aromatic heterocycles. The van der Waals surface area contributed by atoms with Crippen LogP contribution in [0, 0.1) is 0 Å². The summed E-state index contributed by atoms with van der Waals surface area (Å²) in [6.45, 7) is 0. The quantitative estimate of drug-likeness (QED) is 0.733. The maximum Gasteiger partial charge on any atom is 0.290 e. The van der Waals surface area contributed by atoms with Crippen molar-refractivity contribution in [2.45, 2.75) is 0 Å². The molecule has 0 aliphatic heterocycles. The van der Waals surface area contributed by atoms with Gasteiger partial charge in [0.2, 0.25) is 0 Å². The molecule has 0 atom stereocenters. The van der Waals surface area contributed by atoms with Gasteiger partial charge in [-0.1, -0.05) is 48.6 Å². The number of ether oxygens (including phenoxy) is 1. The van der Waals surface area contributed by atoms with Crippen molar-refractivity contribution in [2.75, 3.05) is 0 Å². The van der Waals surface area contributed by atoms with E-state index >= 15 is 0 Å². The van der Waals surface area contributed by atoms with Crippen LogP contribution in [0.3, 0.4) is 0 Å². The second-order valence-electron chi connectivity index (χ2n) is 4.06. The zero-order valence-corrected chi connectivity index (χ0v) is 10.8. The summed E-state index contributed by atoms with van der Waals surface area (Å²) < 4.78 is 11.2. The summed E-state index contributed by atoms with van der Waals surface area (Å²) in [5, 5.41) is 2.14. The Morgan fingerprint density at radius 1 is 1.00 bits per heavy atom. The van der Waals surface area contributed by atoms with Crippen LogP contribution in [0.1, 0.15) is 5.76 Å². The first-order valence-electron chi connectivity index (χ1n) is 5.79. The van der Waals surface area contributed by atoms with Crippen LogP contribution >= 0.6 is 12.2 Å². The minimum Gasteiger partial charge on any atom is -0.425 e. The summed E-state index contributed by atoms with van der Waals surface area (Å²) in [6.07, 6.45) is 0. The van der Waals surface area contributed by atoms with Crippen LogP contribution in [-0.2, 0) is 0 Å². The average Bonchev–Trinajstić information content (AvgIpc) is 2.88. The standard InChI is InChI=1S/C15H11NO2S/c16-15(19)13-8-9-14(18-13)17-12-7-3-5-10-4-1-2-6-11(10)12/h1-9H,(H2,16,19). The molecule has 0 fully saturated rings. The molecule has 2 N–H and O–H groups in total. The fourth-order valence-electron chi connectivity index (χ4n) is 1.90. The molecular formula is C15H11NO2S. The summed E-state index contributed by atoms with van der Waals surface area (Å²) in [5.41, 5.74) is 5.49. The van der Waals surface area contributed by atoms with Gasteiger partial charge in [0.25, 0.3) is 5.95 Å². The fourth-order valence-corrected chi connectivity index (χ4v) is 2.01. The molecule has 0 aliphatic carbocycles. The second-order valence-corrected chi connectivity index (χ2v) is 4.50. The van der Waals surface area contributed by atoms with Crippen molar-refractivity contribution in [1.29, 1.82) is 0 Å². The highest BCUT2D eigenvalue weighted by molar-refractivity contribution is 7.80. The van der Waals surface area contributed by atoms with Gasteiger partial charge in [0, 0.05) is 11.5 Å². The fraction of sp³-hybridized carbons (Fsp3) is 0. The predicted octanol–water partition coefficient (Wildman–Crippen LogP) is 3.86. The Bertz CT molecular complexity index is 743. The number of nitrogens with two attached hydrogens (primary N) is 1. The van der Waals surface area contributed by atoms with E-state index in [1.54, 1.807) is 12.1 Å². The molecule has 0 saturated heterocycles. The first kappa shape index (κ1) is 11.7. The average molecular weight is 269 g/mol. The van der Waals surface area contributed by atoms with Crippen LogP contribution in [0.5, 0.6) is 11.7 Å². The Labute approximate surface area is 115 Å². The predicted molar refractivity (Wildman–Crippen MR) is 78.6 cm³/mol. The molecule has 4 heteroatoms. The van der Waals surface area contributed by atoms with Crippen molar-refractivity contribution in [3.05, 3.63) is 60.4 Å². The molecule has 0 bridgehead atoms. The first-order valence-corrected chi connectivity index (χ1v) is 6.20. The monoisotopic (exact) mass is 269 g/mol. The summed E-state index contributed by atoms with van der Waals surface area (Å²) >= 11 is 4.85. The molecule has 1 heterocycles. The largest absolute Gasteiger partial charge is 0.425 e. The van der Waals surface area contributed by atoms with Crippen molar-refractivity contribution in [3.63, 3.8) is 0 Å². The molecule has 19 heavy (non-hydrogen) atoms. The summed E-state index contributed by atoms with van der Waals surface area (Å²) in [5.74, 6) is 1.56. The minimum absolute atomic E-state index is 0.216. The van der Waals surface area contributed by atoms with Gasteiger partial charge in [0.15, 0.2) is 5.76 Å². The Kier molecular flexibility index (Phi) is 2.93. The molecule has 3 nitrogen and oxygen atoms in total. The Morgan fingerprint density at radius 2 is 1.79 bits per heavy atom. The number of hydrogen-bond acceptors (Lipinski definition) is 3. The third-order valence-corrected chi connectivity index (χ3v) is 2.99. The van der Waals surface area contributed by atoms with E-state index in [1.165, 1.54) is 0 Å². The van der Waals surface area contributed by atoms with Crippen LogP contribution in [0.25, 0.3) is 10.8 Å². The number of rotatable bonds is 3. The van der Waals surface area contributed by atoms with E-state index in [4.69, 9.17) is 27.1 Å². The van der Waals surface area contributed by atoms with E-state index in [-0.39, 0.29) is 4.99 Å². The smallest absolute Gasteiger partial charge is 0.290 e. The summed E-state index contributed by atoms with van der Waals surface area (Å²) in [4.78, 5) is 0.216. The van der Waals surface area contributed by atoms with Gasteiger partial charge < -0.3 is 14.9 Å². The van der Waals surface area contributed by atoms with Gasteiger partial charge >= 0.3 is 0 Å². The lowest BCUT2D eigenvalue weighted by Crippen LogP contribution is -2.07. The lowest BCUT2D eigenvalue weighted by atomic mass is 10.1. The number of thiocarbonyl (C=S) groups is 1. The van der Waals surface area contributed by atoms with Gasteiger partial charge in [-0.2, -0.15) is 0 Å². The van der Waals surface area contributed by atoms with Crippen molar-refractivity contribution < 1.29 is 9.15 Å². The van der Waals surface area contributed by atoms with Crippen molar-refractivity contribution in [1.82, 2.24) is 0 Å². The molecular weight excluding hydrogens is 258 g/mol. The van der Waals surface area contributed by atoms with E-state index in [9.17, 15) is 0 Å². The Hall–Kier alpha value is -2.33. The highest BCUT2D eigenvalue weighted by Gasteiger charge is 2.08. The molecule has 0 radical (unpaired) electrons. The Morgan fingerprint density at radius 3 is 2.58 bits per heavy atom. The second kappa shape index (κ2) is 4.74. The van der Waals surface area contributed by atoms with Gasteiger partial charge in [0.05, 0.1) is 0 Å². The van der Waals surface area contributed by atoms with Gasteiger partial charge in [0.1, 0.15) is 10.7 Å². The summed E-state index contributed by atoms with van der Waals surface area (Å²) in [7, 11) is 0. The third kappa shape index (κ3) is 2.30. The van der Waals surface area contributed by atoms with E-state index < -0.39 is 0 Å². The van der Waals surface area contributed by atoms with Gasteiger partial charge in [-0.25, -0.2) is 0 Å². The molecule has 0 spiro atoms. The van der Waals surface area contributed by atoms with Crippen LogP contribution in [0.15, 0.2) is 59.0 Å². The molecule has 0 amide bonds. The molecule has 3 aromatic rings. The number of benzene rings is 2. The zero-order valence-electron chi connectivity index (χ0n) is 10.00. The molecule has 0 aliphatic rings. The normalized spacial score (nSPS) is 10.5. The number of hydrogen-bond donors (Lipinski definition) is 1.